The highest BCUT2D eigenvalue weighted by molar-refractivity contribution is 6.05. The number of hydrogen-bond acceptors (Lipinski definition) is 5. The molecule has 9 heteroatoms. The fraction of sp³-hybridized carbons (Fsp3) is 0.263. The molecule has 0 saturated heterocycles. The number of aryl methyl sites for hydroxylation is 1. The van der Waals surface area contributed by atoms with Gasteiger partial charge in [0, 0.05) is 24.7 Å². The Hall–Kier alpha value is -3.33. The largest absolute Gasteiger partial charge is 0.393 e. The number of aromatic amines is 1. The molecule has 1 aliphatic rings. The smallest absolute Gasteiger partial charge is 0.255 e. The molecule has 4 aromatic rings. The molecule has 0 radical (unpaired) electrons. The van der Waals surface area contributed by atoms with E-state index in [4.69, 9.17) is 0 Å². The number of nitrogens with zero attached hydrogens (tertiary/aromatic N) is 4. The van der Waals surface area contributed by atoms with Gasteiger partial charge < -0.3 is 15.4 Å². The number of fused-ring (bicyclic) bond motifs is 2. The predicted octanol–water partition coefficient (Wildman–Crippen LogP) is 1.90. The minimum absolute atomic E-state index is 0.0294. The van der Waals surface area contributed by atoms with Crippen molar-refractivity contribution in [2.45, 2.75) is 25.0 Å². The second-order valence-electron chi connectivity index (χ2n) is 7.08. The van der Waals surface area contributed by atoms with Crippen molar-refractivity contribution >= 4 is 28.0 Å². The summed E-state index contributed by atoms with van der Waals surface area (Å²) in [4.78, 5) is 24.5. The van der Waals surface area contributed by atoms with E-state index < -0.39 is 0 Å². The predicted molar refractivity (Wildman–Crippen MR) is 100 cm³/mol. The summed E-state index contributed by atoms with van der Waals surface area (Å²) in [6.07, 6.45) is 3.92. The number of carbonyl (C=O) groups excluding carboxylic acids is 1. The standard InChI is InChI=1S/C19H17FN6O2/c1-26-15-4-9(20)2-3-12(15)16(25-26)14-8-22-18-17(24-14)13(7-21-18)19(28)23-10-5-11(27)6-10/h2-4,7-8,10-11,27H,5-6H2,1H3,(H,21,22)(H,23,28). The molecule has 0 aliphatic heterocycles. The zero-order chi connectivity index (χ0) is 19.4. The Morgan fingerprint density at radius 3 is 3.00 bits per heavy atom. The lowest BCUT2D eigenvalue weighted by Crippen LogP contribution is -2.46. The second kappa shape index (κ2) is 6.10. The van der Waals surface area contributed by atoms with E-state index in [2.05, 4.69) is 25.4 Å². The molecule has 1 aromatic carbocycles. The monoisotopic (exact) mass is 380 g/mol. The molecule has 3 aromatic heterocycles. The number of aliphatic hydroxyl groups excluding tert-OH is 1. The molecule has 1 amide bonds. The number of benzene rings is 1. The lowest BCUT2D eigenvalue weighted by atomic mass is 9.89. The summed E-state index contributed by atoms with van der Waals surface area (Å²) in [7, 11) is 1.74. The van der Waals surface area contributed by atoms with Crippen LogP contribution in [-0.4, -0.2) is 47.9 Å². The van der Waals surface area contributed by atoms with Gasteiger partial charge in [-0.25, -0.2) is 14.4 Å². The Morgan fingerprint density at radius 2 is 2.21 bits per heavy atom. The zero-order valence-corrected chi connectivity index (χ0v) is 15.0. The number of rotatable bonds is 3. The van der Waals surface area contributed by atoms with Gasteiger partial charge in [-0.05, 0) is 31.0 Å². The van der Waals surface area contributed by atoms with Crippen LogP contribution in [0.25, 0.3) is 33.5 Å². The lowest BCUT2D eigenvalue weighted by molar-refractivity contribution is 0.0563. The normalized spacial score (nSPS) is 19.1. The van der Waals surface area contributed by atoms with Crippen molar-refractivity contribution in [1.29, 1.82) is 0 Å². The molecular weight excluding hydrogens is 363 g/mol. The Morgan fingerprint density at radius 1 is 1.39 bits per heavy atom. The van der Waals surface area contributed by atoms with Gasteiger partial charge in [0.05, 0.1) is 23.4 Å². The molecule has 3 N–H and O–H groups in total. The van der Waals surface area contributed by atoms with Crippen LogP contribution in [0.3, 0.4) is 0 Å². The van der Waals surface area contributed by atoms with Crippen molar-refractivity contribution in [1.82, 2.24) is 30.0 Å². The number of halogens is 1. The SMILES string of the molecule is Cn1nc(-c2cnc3[nH]cc(C(=O)NC4CC(O)C4)c3n2)c2ccc(F)cc21. The van der Waals surface area contributed by atoms with Gasteiger partial charge in [-0.1, -0.05) is 0 Å². The first-order chi connectivity index (χ1) is 13.5. The maximum atomic E-state index is 13.6. The maximum Gasteiger partial charge on any atom is 0.255 e. The molecule has 0 unspecified atom stereocenters. The first kappa shape index (κ1) is 16.8. The third-order valence-electron chi connectivity index (χ3n) is 5.13. The molecule has 0 atom stereocenters. The summed E-state index contributed by atoms with van der Waals surface area (Å²) in [5.41, 5.74) is 3.04. The molecule has 8 nitrogen and oxygen atoms in total. The average molecular weight is 380 g/mol. The van der Waals surface area contributed by atoms with Gasteiger partial charge in [0.2, 0.25) is 0 Å². The Bertz CT molecular complexity index is 1220. The van der Waals surface area contributed by atoms with Crippen LogP contribution in [0.15, 0.2) is 30.6 Å². The Labute approximate surface area is 158 Å². The highest BCUT2D eigenvalue weighted by atomic mass is 19.1. The molecule has 1 fully saturated rings. The highest BCUT2D eigenvalue weighted by Gasteiger charge is 2.29. The molecule has 1 saturated carbocycles. The summed E-state index contributed by atoms with van der Waals surface area (Å²) < 4.78 is 15.2. The Balaban J connectivity index is 1.56. The molecule has 0 bridgehead atoms. The maximum absolute atomic E-state index is 13.6. The van der Waals surface area contributed by atoms with Gasteiger partial charge >= 0.3 is 0 Å². The van der Waals surface area contributed by atoms with Gasteiger partial charge in [0.25, 0.3) is 5.91 Å². The summed E-state index contributed by atoms with van der Waals surface area (Å²) in [6.45, 7) is 0. The van der Waals surface area contributed by atoms with Crippen LogP contribution < -0.4 is 5.32 Å². The van der Waals surface area contributed by atoms with Crippen molar-refractivity contribution < 1.29 is 14.3 Å². The fourth-order valence-electron chi connectivity index (χ4n) is 3.57. The van der Waals surface area contributed by atoms with E-state index in [-0.39, 0.29) is 23.9 Å². The van der Waals surface area contributed by atoms with Crippen molar-refractivity contribution in [2.75, 3.05) is 0 Å². The minimum Gasteiger partial charge on any atom is -0.393 e. The molecule has 0 spiro atoms. The summed E-state index contributed by atoms with van der Waals surface area (Å²) in [6, 6.07) is 4.42. The molecule has 5 rings (SSSR count). The highest BCUT2D eigenvalue weighted by Crippen LogP contribution is 2.28. The Kier molecular flexibility index (Phi) is 3.66. The zero-order valence-electron chi connectivity index (χ0n) is 15.0. The van der Waals surface area contributed by atoms with Gasteiger partial charge in [-0.2, -0.15) is 5.10 Å². The van der Waals surface area contributed by atoms with Crippen LogP contribution in [0.5, 0.6) is 0 Å². The molecule has 28 heavy (non-hydrogen) atoms. The van der Waals surface area contributed by atoms with Crippen LogP contribution in [-0.2, 0) is 7.05 Å². The number of aromatic nitrogens is 5. The first-order valence-electron chi connectivity index (χ1n) is 8.95. The van der Waals surface area contributed by atoms with E-state index >= 15 is 0 Å². The van der Waals surface area contributed by atoms with E-state index in [1.54, 1.807) is 30.2 Å². The summed E-state index contributed by atoms with van der Waals surface area (Å²) in [5, 5.41) is 17.5. The number of H-pyrrole nitrogens is 1. The first-order valence-corrected chi connectivity index (χ1v) is 8.95. The second-order valence-corrected chi connectivity index (χ2v) is 7.08. The van der Waals surface area contributed by atoms with Gasteiger partial charge in [-0.3, -0.25) is 9.48 Å². The topological polar surface area (TPSA) is 109 Å². The third kappa shape index (κ3) is 2.63. The van der Waals surface area contributed by atoms with Gasteiger partial charge in [-0.15, -0.1) is 0 Å². The number of nitrogens with one attached hydrogen (secondary N) is 2. The van der Waals surface area contributed by atoms with Crippen molar-refractivity contribution in [3.05, 3.63) is 42.0 Å². The lowest BCUT2D eigenvalue weighted by Gasteiger charge is -2.31. The van der Waals surface area contributed by atoms with E-state index in [1.807, 2.05) is 0 Å². The van der Waals surface area contributed by atoms with Crippen LogP contribution in [0.2, 0.25) is 0 Å². The number of carbonyl (C=O) groups is 1. The van der Waals surface area contributed by atoms with Crippen LogP contribution in [0.1, 0.15) is 23.2 Å². The average Bonchev–Trinajstić information content (AvgIpc) is 3.21. The van der Waals surface area contributed by atoms with Gasteiger partial charge in [0.1, 0.15) is 22.7 Å². The van der Waals surface area contributed by atoms with E-state index in [1.165, 1.54) is 12.1 Å². The van der Waals surface area contributed by atoms with E-state index in [0.29, 0.717) is 46.5 Å². The van der Waals surface area contributed by atoms with Gasteiger partial charge in [0.15, 0.2) is 5.65 Å². The van der Waals surface area contributed by atoms with Crippen molar-refractivity contribution in [2.24, 2.45) is 7.05 Å². The van der Waals surface area contributed by atoms with Crippen molar-refractivity contribution in [3.63, 3.8) is 0 Å². The fourth-order valence-corrected chi connectivity index (χ4v) is 3.57. The van der Waals surface area contributed by atoms with Crippen molar-refractivity contribution in [3.8, 4) is 11.4 Å². The summed E-state index contributed by atoms with van der Waals surface area (Å²) >= 11 is 0. The molecular formula is C19H17FN6O2. The number of hydrogen-bond donors (Lipinski definition) is 3. The number of aliphatic hydroxyl groups is 1. The molecule has 142 valence electrons. The van der Waals surface area contributed by atoms with Crippen LogP contribution in [0, 0.1) is 5.82 Å². The quantitative estimate of drug-likeness (QED) is 0.503. The van der Waals surface area contributed by atoms with Crippen LogP contribution >= 0.6 is 0 Å². The molecule has 1 aliphatic carbocycles. The third-order valence-corrected chi connectivity index (χ3v) is 5.13. The minimum atomic E-state index is -0.345. The molecule has 3 heterocycles. The van der Waals surface area contributed by atoms with E-state index in [9.17, 15) is 14.3 Å². The summed E-state index contributed by atoms with van der Waals surface area (Å²) in [5.74, 6) is -0.600. The van der Waals surface area contributed by atoms with Crippen LogP contribution in [0.4, 0.5) is 4.39 Å². The van der Waals surface area contributed by atoms with E-state index in [0.717, 1.165) is 5.39 Å². The number of amides is 1.